The lowest BCUT2D eigenvalue weighted by atomic mass is 10.3. The van der Waals surface area contributed by atoms with E-state index in [1.807, 2.05) is 6.20 Å². The van der Waals surface area contributed by atoms with Crippen molar-refractivity contribution in [2.45, 2.75) is 20.3 Å². The fraction of sp³-hybridized carbons (Fsp3) is 0.500. The highest BCUT2D eigenvalue weighted by molar-refractivity contribution is 7.26. The summed E-state index contributed by atoms with van der Waals surface area (Å²) < 4.78 is 4.15. The molecule has 0 spiro atoms. The summed E-state index contributed by atoms with van der Waals surface area (Å²) in [5, 5.41) is 1.52. The van der Waals surface area contributed by atoms with Gasteiger partial charge in [0, 0.05) is 6.20 Å². The van der Waals surface area contributed by atoms with Crippen molar-refractivity contribution in [3.8, 4) is 0 Å². The monoisotopic (exact) mass is 127 g/mol. The predicted molar refractivity (Wildman–Crippen MR) is 37.9 cm³/mol. The molecule has 1 heterocycles. The molecule has 0 radical (unpaired) electrons. The Hall–Kier alpha value is -0.290. The highest BCUT2D eigenvalue weighted by Gasteiger charge is 1.92. The van der Waals surface area contributed by atoms with Gasteiger partial charge in [0.25, 0.3) is 0 Å². The zero-order valence-corrected chi connectivity index (χ0v) is 6.23. The van der Waals surface area contributed by atoms with Gasteiger partial charge in [-0.3, -0.25) is 0 Å². The molecule has 1 aromatic rings. The average molecular weight is 127 g/mol. The van der Waals surface area contributed by atoms with Gasteiger partial charge in [-0.05, 0) is 32.6 Å². The Morgan fingerprint density at radius 3 is 2.75 bits per heavy atom. The highest BCUT2D eigenvalue weighted by Crippen LogP contribution is 2.16. The number of aromatic nitrogens is 1. The first-order chi connectivity index (χ1) is 3.84. The predicted octanol–water partition coefficient (Wildman–Crippen LogP) is 1.98. The molecule has 0 aromatic carbocycles. The maximum atomic E-state index is 4.15. The van der Waals surface area contributed by atoms with E-state index >= 15 is 0 Å². The van der Waals surface area contributed by atoms with Crippen molar-refractivity contribution in [2.24, 2.45) is 0 Å². The summed E-state index contributed by atoms with van der Waals surface area (Å²) in [6.45, 7) is 4.31. The summed E-state index contributed by atoms with van der Waals surface area (Å²) >= 11 is 0. The number of hydrogen-bond donors (Lipinski definition) is 0. The second-order valence-corrected chi connectivity index (χ2v) is 2.97. The van der Waals surface area contributed by atoms with Gasteiger partial charge in [-0.25, -0.2) is 4.75 Å². The summed E-state index contributed by atoms with van der Waals surface area (Å²) in [6.07, 6.45) is 3.14. The van der Waals surface area contributed by atoms with E-state index in [0.29, 0.717) is 0 Å². The first kappa shape index (κ1) is 5.84. The fourth-order valence-corrected chi connectivity index (χ4v) is 1.54. The van der Waals surface area contributed by atoms with Crippen LogP contribution in [0.15, 0.2) is 6.20 Å². The molecule has 0 fully saturated rings. The molecule has 0 N–H and O–H groups in total. The topological polar surface area (TPSA) is 12.9 Å². The normalized spacial score (nSPS) is 10.8. The van der Waals surface area contributed by atoms with E-state index in [1.54, 1.807) is 0 Å². The molecule has 1 atom stereocenters. The number of nitrogens with zero attached hydrogens (tertiary/aromatic N) is 1. The van der Waals surface area contributed by atoms with Crippen molar-refractivity contribution < 1.29 is 0 Å². The third-order valence-corrected chi connectivity index (χ3v) is 2.56. The maximum absolute atomic E-state index is 4.15. The Morgan fingerprint density at radius 1 is 1.75 bits per heavy atom. The molecule has 0 aliphatic heterocycles. The lowest BCUT2D eigenvalue weighted by molar-refractivity contribution is 1.16. The van der Waals surface area contributed by atoms with Crippen LogP contribution in [0.2, 0.25) is 0 Å². The highest BCUT2D eigenvalue weighted by atomic mass is 31.0. The third kappa shape index (κ3) is 0.924. The smallest absolute Gasteiger partial charge is 0.0342 e. The third-order valence-electron chi connectivity index (χ3n) is 1.29. The molecule has 1 nitrogen and oxygen atoms in total. The van der Waals surface area contributed by atoms with Crippen LogP contribution in [0.1, 0.15) is 17.8 Å². The summed E-state index contributed by atoms with van der Waals surface area (Å²) in [5.74, 6) is 0. The van der Waals surface area contributed by atoms with Crippen LogP contribution in [0, 0.1) is 6.92 Å². The molecule has 44 valence electrons. The SMILES string of the molecule is CCc1[pH]ncc1C. The largest absolute Gasteiger partial charge is 0.248 e. The number of hydrogen-bond acceptors (Lipinski definition) is 1. The van der Waals surface area contributed by atoms with Gasteiger partial charge in [0.1, 0.15) is 0 Å². The van der Waals surface area contributed by atoms with E-state index in [4.69, 9.17) is 0 Å². The molecule has 0 amide bonds. The standard InChI is InChI=1S/C6H10NP/c1-3-6-5(2)4-7-8-6/h4,8H,3H2,1-2H3. The molecule has 0 bridgehead atoms. The van der Waals surface area contributed by atoms with Crippen LogP contribution >= 0.6 is 8.35 Å². The van der Waals surface area contributed by atoms with Gasteiger partial charge in [0.15, 0.2) is 0 Å². The molecule has 1 unspecified atom stereocenters. The van der Waals surface area contributed by atoms with Gasteiger partial charge < -0.3 is 0 Å². The first-order valence-electron chi connectivity index (χ1n) is 2.83. The molecule has 1 rings (SSSR count). The van der Waals surface area contributed by atoms with Crippen LogP contribution in [0.25, 0.3) is 0 Å². The van der Waals surface area contributed by atoms with Gasteiger partial charge >= 0.3 is 0 Å². The summed E-state index contributed by atoms with van der Waals surface area (Å²) in [6, 6.07) is 0. The Labute approximate surface area is 51.3 Å². The quantitative estimate of drug-likeness (QED) is 0.562. The molecule has 0 saturated heterocycles. The summed E-state index contributed by atoms with van der Waals surface area (Å²) in [5.41, 5.74) is 1.38. The minimum Gasteiger partial charge on any atom is -0.248 e. The second kappa shape index (κ2) is 2.32. The molecule has 2 heteroatoms. The maximum Gasteiger partial charge on any atom is 0.0342 e. The molecular formula is C6H10NP. The van der Waals surface area contributed by atoms with Crippen LogP contribution in [-0.4, -0.2) is 4.75 Å². The molecule has 0 saturated carbocycles. The Balaban J connectivity index is 2.92. The van der Waals surface area contributed by atoms with E-state index in [1.165, 1.54) is 17.3 Å². The Kier molecular flexibility index (Phi) is 1.69. The zero-order valence-electron chi connectivity index (χ0n) is 5.23. The molecule has 0 aliphatic carbocycles. The minimum absolute atomic E-state index is 0.729. The second-order valence-electron chi connectivity index (χ2n) is 1.89. The van der Waals surface area contributed by atoms with Gasteiger partial charge in [-0.1, -0.05) is 6.92 Å². The van der Waals surface area contributed by atoms with Crippen LogP contribution in [0.3, 0.4) is 0 Å². The fourth-order valence-electron chi connectivity index (χ4n) is 0.731. The van der Waals surface area contributed by atoms with Crippen LogP contribution in [0.4, 0.5) is 0 Å². The van der Waals surface area contributed by atoms with Crippen molar-refractivity contribution >= 4 is 8.35 Å². The van der Waals surface area contributed by atoms with Crippen molar-refractivity contribution in [1.29, 1.82) is 0 Å². The van der Waals surface area contributed by atoms with Crippen molar-refractivity contribution in [3.63, 3.8) is 0 Å². The van der Waals surface area contributed by atoms with Crippen LogP contribution in [-0.2, 0) is 6.42 Å². The molecule has 8 heavy (non-hydrogen) atoms. The Bertz CT molecular complexity index is 169. The zero-order chi connectivity index (χ0) is 5.98. The summed E-state index contributed by atoms with van der Waals surface area (Å²) in [7, 11) is 0.729. The van der Waals surface area contributed by atoms with Crippen molar-refractivity contribution in [2.75, 3.05) is 0 Å². The van der Waals surface area contributed by atoms with Crippen molar-refractivity contribution in [1.82, 2.24) is 4.75 Å². The lowest BCUT2D eigenvalue weighted by Gasteiger charge is -1.86. The molecule has 0 aliphatic rings. The molecule has 1 aromatic heterocycles. The van der Waals surface area contributed by atoms with Crippen LogP contribution < -0.4 is 0 Å². The minimum atomic E-state index is 0.729. The van der Waals surface area contributed by atoms with Gasteiger partial charge in [-0.2, -0.15) is 0 Å². The van der Waals surface area contributed by atoms with Gasteiger partial charge in [0.2, 0.25) is 0 Å². The van der Waals surface area contributed by atoms with Gasteiger partial charge in [-0.15, -0.1) is 0 Å². The first-order valence-corrected chi connectivity index (χ1v) is 3.78. The van der Waals surface area contributed by atoms with Crippen molar-refractivity contribution in [3.05, 3.63) is 17.1 Å². The lowest BCUT2D eigenvalue weighted by Crippen LogP contribution is -1.72. The van der Waals surface area contributed by atoms with E-state index in [0.717, 1.165) is 8.35 Å². The average Bonchev–Trinajstić information content (AvgIpc) is 2.14. The number of aryl methyl sites for hydroxylation is 2. The summed E-state index contributed by atoms with van der Waals surface area (Å²) in [4.78, 5) is 0. The van der Waals surface area contributed by atoms with Gasteiger partial charge in [0.05, 0.1) is 0 Å². The van der Waals surface area contributed by atoms with E-state index < -0.39 is 0 Å². The Morgan fingerprint density at radius 2 is 2.50 bits per heavy atom. The number of rotatable bonds is 1. The molecular weight excluding hydrogens is 117 g/mol. The van der Waals surface area contributed by atoms with Crippen LogP contribution in [0.5, 0.6) is 0 Å². The van der Waals surface area contributed by atoms with E-state index in [9.17, 15) is 0 Å². The van der Waals surface area contributed by atoms with E-state index in [-0.39, 0.29) is 0 Å². The van der Waals surface area contributed by atoms with E-state index in [2.05, 4.69) is 18.6 Å².